The smallest absolute Gasteiger partial charge is 0.390 e. The second kappa shape index (κ2) is 7.03. The van der Waals surface area contributed by atoms with Gasteiger partial charge in [0.2, 0.25) is 5.78 Å². The van der Waals surface area contributed by atoms with E-state index in [0.717, 1.165) is 13.2 Å². The molecule has 0 amide bonds. The Morgan fingerprint density at radius 3 is 2.30 bits per heavy atom. The first-order valence-corrected chi connectivity index (χ1v) is 5.57. The van der Waals surface area contributed by atoms with E-state index < -0.39 is 22.7 Å². The molecular formula is C13H13NO6. The van der Waals surface area contributed by atoms with Crippen molar-refractivity contribution < 1.29 is 24.0 Å². The van der Waals surface area contributed by atoms with Crippen LogP contribution >= 0.6 is 0 Å². The first-order chi connectivity index (χ1) is 9.49. The number of carbonyl (C=O) groups excluding carboxylic acids is 2. The van der Waals surface area contributed by atoms with Crippen molar-refractivity contribution in [2.45, 2.75) is 6.04 Å². The second-order valence-electron chi connectivity index (χ2n) is 3.72. The van der Waals surface area contributed by atoms with Crippen LogP contribution in [0.15, 0.2) is 30.3 Å². The van der Waals surface area contributed by atoms with E-state index >= 15 is 0 Å². The fourth-order valence-corrected chi connectivity index (χ4v) is 1.40. The highest BCUT2D eigenvalue weighted by Crippen LogP contribution is 2.12. The van der Waals surface area contributed by atoms with Crippen molar-refractivity contribution in [1.82, 2.24) is 0 Å². The van der Waals surface area contributed by atoms with Gasteiger partial charge in [0, 0.05) is 4.92 Å². The molecule has 1 aromatic rings. The van der Waals surface area contributed by atoms with Crippen molar-refractivity contribution in [3.63, 3.8) is 0 Å². The van der Waals surface area contributed by atoms with Crippen LogP contribution in [-0.2, 0) is 14.3 Å². The lowest BCUT2D eigenvalue weighted by molar-refractivity contribution is -0.495. The van der Waals surface area contributed by atoms with Crippen molar-refractivity contribution in [3.05, 3.63) is 46.0 Å². The quantitative estimate of drug-likeness (QED) is 0.254. The highest BCUT2D eigenvalue weighted by molar-refractivity contribution is 6.09. The van der Waals surface area contributed by atoms with Gasteiger partial charge in [0.15, 0.2) is 0 Å². The van der Waals surface area contributed by atoms with Crippen LogP contribution in [0.2, 0.25) is 0 Å². The Morgan fingerprint density at radius 1 is 1.25 bits per heavy atom. The van der Waals surface area contributed by atoms with Crippen LogP contribution in [0.4, 0.5) is 0 Å². The molecule has 0 heterocycles. The largest absolute Gasteiger partial charge is 0.497 e. The Bertz CT molecular complexity index is 534. The molecule has 0 aromatic heterocycles. The summed E-state index contributed by atoms with van der Waals surface area (Å²) in [5.41, 5.74) is 0.645. The van der Waals surface area contributed by atoms with Gasteiger partial charge < -0.3 is 9.47 Å². The van der Waals surface area contributed by atoms with Crippen LogP contribution in [0.3, 0.4) is 0 Å². The van der Waals surface area contributed by atoms with Gasteiger partial charge in [-0.15, -0.1) is 0 Å². The normalized spacial score (nSPS) is 11.9. The molecule has 20 heavy (non-hydrogen) atoms. The summed E-state index contributed by atoms with van der Waals surface area (Å²) in [5, 5.41) is 10.7. The Hall–Kier alpha value is -2.70. The third-order valence-electron chi connectivity index (χ3n) is 2.46. The SMILES string of the molecule is COC(=O)C(C(=O)C=Cc1ccc(OC)cc1)[N+](=O)[O-]. The number of ketones is 1. The summed E-state index contributed by atoms with van der Waals surface area (Å²) in [7, 11) is 2.51. The summed E-state index contributed by atoms with van der Waals surface area (Å²) in [6.45, 7) is 0. The van der Waals surface area contributed by atoms with E-state index in [1.54, 1.807) is 24.3 Å². The van der Waals surface area contributed by atoms with Crippen LogP contribution in [0.1, 0.15) is 5.56 Å². The fraction of sp³-hybridized carbons (Fsp3) is 0.231. The third kappa shape index (κ3) is 3.91. The Morgan fingerprint density at radius 2 is 1.85 bits per heavy atom. The van der Waals surface area contributed by atoms with E-state index in [1.165, 1.54) is 13.2 Å². The Balaban J connectivity index is 2.83. The molecule has 0 spiro atoms. The number of ether oxygens (including phenoxy) is 2. The molecule has 0 saturated carbocycles. The van der Waals surface area contributed by atoms with Crippen molar-refractivity contribution in [1.29, 1.82) is 0 Å². The average molecular weight is 279 g/mol. The zero-order chi connectivity index (χ0) is 15.1. The summed E-state index contributed by atoms with van der Waals surface area (Å²) in [5.74, 6) is -1.50. The summed E-state index contributed by atoms with van der Waals surface area (Å²) < 4.78 is 9.19. The topological polar surface area (TPSA) is 95.7 Å². The molecule has 1 atom stereocenters. The van der Waals surface area contributed by atoms with E-state index in [4.69, 9.17) is 4.74 Å². The Kier molecular flexibility index (Phi) is 5.40. The van der Waals surface area contributed by atoms with E-state index in [2.05, 4.69) is 4.74 Å². The highest BCUT2D eigenvalue weighted by Gasteiger charge is 2.37. The number of nitrogens with zero attached hydrogens (tertiary/aromatic N) is 1. The minimum absolute atomic E-state index is 0.645. The molecule has 0 bridgehead atoms. The number of nitro groups is 1. The van der Waals surface area contributed by atoms with Crippen molar-refractivity contribution in [2.24, 2.45) is 0 Å². The molecule has 0 saturated heterocycles. The molecule has 0 fully saturated rings. The van der Waals surface area contributed by atoms with Crippen molar-refractivity contribution >= 4 is 17.8 Å². The lowest BCUT2D eigenvalue weighted by Gasteiger charge is -2.03. The minimum atomic E-state index is -2.03. The zero-order valence-corrected chi connectivity index (χ0v) is 10.9. The number of methoxy groups -OCH3 is 2. The first-order valence-electron chi connectivity index (χ1n) is 5.57. The number of rotatable bonds is 6. The van der Waals surface area contributed by atoms with Gasteiger partial charge in [0.05, 0.1) is 14.2 Å². The number of hydrogen-bond donors (Lipinski definition) is 0. The van der Waals surface area contributed by atoms with Crippen LogP contribution in [0.25, 0.3) is 6.08 Å². The maximum atomic E-state index is 11.6. The Labute approximate surface area is 114 Å². The molecule has 1 rings (SSSR count). The van der Waals surface area contributed by atoms with Crippen LogP contribution < -0.4 is 4.74 Å². The number of carbonyl (C=O) groups is 2. The van der Waals surface area contributed by atoms with Crippen LogP contribution in [0.5, 0.6) is 5.75 Å². The van der Waals surface area contributed by atoms with Gasteiger partial charge in [-0.3, -0.25) is 14.9 Å². The average Bonchev–Trinajstić information content (AvgIpc) is 2.45. The predicted molar refractivity (Wildman–Crippen MR) is 69.8 cm³/mol. The van der Waals surface area contributed by atoms with Crippen LogP contribution in [-0.4, -0.2) is 36.9 Å². The van der Waals surface area contributed by atoms with Gasteiger partial charge in [-0.2, -0.15) is 0 Å². The van der Waals surface area contributed by atoms with Gasteiger partial charge in [-0.1, -0.05) is 18.2 Å². The molecule has 1 aromatic carbocycles. The number of benzene rings is 1. The monoisotopic (exact) mass is 279 g/mol. The molecule has 0 N–H and O–H groups in total. The number of hydrogen-bond acceptors (Lipinski definition) is 6. The molecule has 0 aliphatic carbocycles. The van der Waals surface area contributed by atoms with Gasteiger partial charge in [0.25, 0.3) is 0 Å². The van der Waals surface area contributed by atoms with Crippen molar-refractivity contribution in [2.75, 3.05) is 14.2 Å². The summed E-state index contributed by atoms with van der Waals surface area (Å²) >= 11 is 0. The van der Waals surface area contributed by atoms with Crippen LogP contribution in [0, 0.1) is 10.1 Å². The lowest BCUT2D eigenvalue weighted by atomic mass is 10.1. The van der Waals surface area contributed by atoms with E-state index in [-0.39, 0.29) is 0 Å². The van der Waals surface area contributed by atoms with Gasteiger partial charge in [0.1, 0.15) is 5.75 Å². The molecule has 0 radical (unpaired) electrons. The summed E-state index contributed by atoms with van der Waals surface area (Å²) in [6.07, 6.45) is 2.35. The lowest BCUT2D eigenvalue weighted by Crippen LogP contribution is -2.37. The third-order valence-corrected chi connectivity index (χ3v) is 2.46. The molecule has 0 aliphatic heterocycles. The molecule has 7 nitrogen and oxygen atoms in total. The van der Waals surface area contributed by atoms with E-state index in [9.17, 15) is 19.7 Å². The maximum absolute atomic E-state index is 11.6. The van der Waals surface area contributed by atoms with Gasteiger partial charge in [-0.05, 0) is 23.8 Å². The fourth-order valence-electron chi connectivity index (χ4n) is 1.40. The van der Waals surface area contributed by atoms with E-state index in [0.29, 0.717) is 11.3 Å². The highest BCUT2D eigenvalue weighted by atomic mass is 16.6. The predicted octanol–water partition coefficient (Wildman–Crippen LogP) is 1.10. The maximum Gasteiger partial charge on any atom is 0.390 e. The molecule has 1 unspecified atom stereocenters. The van der Waals surface area contributed by atoms with Crippen molar-refractivity contribution in [3.8, 4) is 5.75 Å². The zero-order valence-electron chi connectivity index (χ0n) is 10.9. The molecule has 106 valence electrons. The molecular weight excluding hydrogens is 266 g/mol. The summed E-state index contributed by atoms with van der Waals surface area (Å²) in [4.78, 5) is 32.5. The number of esters is 1. The minimum Gasteiger partial charge on any atom is -0.497 e. The summed E-state index contributed by atoms with van der Waals surface area (Å²) in [6, 6.07) is 4.66. The molecule has 0 aliphatic rings. The second-order valence-corrected chi connectivity index (χ2v) is 3.72. The first kappa shape index (κ1) is 15.4. The van der Waals surface area contributed by atoms with Gasteiger partial charge >= 0.3 is 12.0 Å². The standard InChI is InChI=1S/C13H13NO6/c1-19-10-6-3-9(4-7-10)5-8-11(15)12(14(17)18)13(16)20-2/h3-8,12H,1-2H3. The molecule has 7 heteroatoms. The van der Waals surface area contributed by atoms with E-state index in [1.807, 2.05) is 0 Å². The van der Waals surface area contributed by atoms with Gasteiger partial charge in [-0.25, -0.2) is 4.79 Å².